The van der Waals surface area contributed by atoms with E-state index in [1.165, 1.54) is 60.8 Å². The highest BCUT2D eigenvalue weighted by atomic mass is 16.3. The lowest BCUT2D eigenvalue weighted by Gasteiger charge is -2.37. The molecule has 0 bridgehead atoms. The van der Waals surface area contributed by atoms with Crippen LogP contribution in [-0.2, 0) is 27.1 Å². The van der Waals surface area contributed by atoms with Gasteiger partial charge in [-0.05, 0) is 195 Å². The molecule has 1 unspecified atom stereocenters. The summed E-state index contributed by atoms with van der Waals surface area (Å²) in [5.41, 5.74) is 25.9. The third-order valence-electron chi connectivity index (χ3n) is 20.7. The monoisotopic (exact) mass is 1250 g/mol. The van der Waals surface area contributed by atoms with Crippen LogP contribution in [0.4, 0.5) is 34.1 Å². The maximum Gasteiger partial charge on any atom is 0.160 e. The molecule has 1 aliphatic rings. The van der Waals surface area contributed by atoms with Crippen LogP contribution in [0.3, 0.4) is 0 Å². The molecule has 3 aromatic heterocycles. The summed E-state index contributed by atoms with van der Waals surface area (Å²) in [7, 11) is 0. The highest BCUT2D eigenvalue weighted by molar-refractivity contribution is 6.26. The Bertz CT molecular complexity index is 5490. The van der Waals surface area contributed by atoms with E-state index < -0.39 is 5.41 Å². The molecule has 3 heterocycles. The lowest BCUT2D eigenvalue weighted by atomic mass is 9.66. The van der Waals surface area contributed by atoms with Gasteiger partial charge in [0.25, 0.3) is 0 Å². The van der Waals surface area contributed by atoms with Gasteiger partial charge in [0.15, 0.2) is 5.58 Å². The van der Waals surface area contributed by atoms with Crippen LogP contribution in [0.2, 0.25) is 0 Å². The number of hydrogen-bond acceptors (Lipinski definition) is 4. The van der Waals surface area contributed by atoms with Gasteiger partial charge in [-0.3, -0.25) is 0 Å². The molecule has 15 aromatic rings. The maximum atomic E-state index is 7.73. The molecule has 0 saturated heterocycles. The van der Waals surface area contributed by atoms with Crippen molar-refractivity contribution in [1.82, 2.24) is 4.57 Å². The Labute approximate surface area is 564 Å². The summed E-state index contributed by atoms with van der Waals surface area (Å²) >= 11 is 0. The van der Waals surface area contributed by atoms with E-state index in [4.69, 9.17) is 8.83 Å². The topological polar surface area (TPSA) is 37.7 Å². The molecule has 16 rings (SSSR count). The number of anilines is 6. The molecule has 96 heavy (non-hydrogen) atoms. The molecule has 1 atom stereocenters. The molecule has 0 amide bonds. The molecule has 0 fully saturated rings. The third-order valence-corrected chi connectivity index (χ3v) is 20.7. The summed E-state index contributed by atoms with van der Waals surface area (Å²) in [5.74, 6) is 0. The van der Waals surface area contributed by atoms with Crippen LogP contribution in [0.15, 0.2) is 258 Å². The second-order valence-corrected chi connectivity index (χ2v) is 31.1. The molecule has 474 valence electrons. The summed E-state index contributed by atoms with van der Waals surface area (Å²) in [4.78, 5) is 4.90. The van der Waals surface area contributed by atoms with E-state index in [9.17, 15) is 0 Å². The van der Waals surface area contributed by atoms with E-state index in [2.05, 4.69) is 360 Å². The Balaban J connectivity index is 1.09. The quantitative estimate of drug-likeness (QED) is 0.144. The normalized spacial score (nSPS) is 14.4. The Kier molecular flexibility index (Phi) is 13.8. The summed E-state index contributed by atoms with van der Waals surface area (Å²) < 4.78 is 17.7. The van der Waals surface area contributed by atoms with Crippen molar-refractivity contribution in [2.24, 2.45) is 0 Å². The fourth-order valence-corrected chi connectivity index (χ4v) is 15.6. The Morgan fingerprint density at radius 3 is 1.27 bits per heavy atom. The average Bonchev–Trinajstić information content (AvgIpc) is 1.49. The van der Waals surface area contributed by atoms with Gasteiger partial charge >= 0.3 is 0 Å². The first-order valence-corrected chi connectivity index (χ1v) is 34.1. The molecule has 5 heteroatoms. The van der Waals surface area contributed by atoms with Crippen molar-refractivity contribution in [3.05, 3.63) is 304 Å². The van der Waals surface area contributed by atoms with Gasteiger partial charge in [0.2, 0.25) is 0 Å². The summed E-state index contributed by atoms with van der Waals surface area (Å²) in [6.45, 7) is 32.2. The molecule has 0 radical (unpaired) electrons. The predicted molar refractivity (Wildman–Crippen MR) is 406 cm³/mol. The highest BCUT2D eigenvalue weighted by Gasteiger charge is 2.51. The Morgan fingerprint density at radius 2 is 0.760 bits per heavy atom. The average molecular weight is 1250 g/mol. The highest BCUT2D eigenvalue weighted by Crippen LogP contribution is 2.65. The first kappa shape index (κ1) is 60.6. The first-order chi connectivity index (χ1) is 46.0. The van der Waals surface area contributed by atoms with E-state index in [0.717, 1.165) is 112 Å². The van der Waals surface area contributed by atoms with E-state index in [0.29, 0.717) is 0 Å². The van der Waals surface area contributed by atoms with Crippen molar-refractivity contribution in [2.75, 3.05) is 9.80 Å². The third kappa shape index (κ3) is 9.54. The van der Waals surface area contributed by atoms with Crippen molar-refractivity contribution >= 4 is 99.8 Å². The van der Waals surface area contributed by atoms with Crippen LogP contribution >= 0.6 is 0 Å². The lowest BCUT2D eigenvalue weighted by molar-refractivity contribution is 0.590. The zero-order valence-corrected chi connectivity index (χ0v) is 57.8. The minimum absolute atomic E-state index is 0.0337. The van der Waals surface area contributed by atoms with Gasteiger partial charge in [-0.2, -0.15) is 0 Å². The molecular formula is C91H83N3O2. The second-order valence-electron chi connectivity index (χ2n) is 31.1. The number of aromatic nitrogens is 1. The van der Waals surface area contributed by atoms with Crippen LogP contribution in [0.5, 0.6) is 0 Å². The van der Waals surface area contributed by atoms with Gasteiger partial charge in [0.05, 0.1) is 33.2 Å². The van der Waals surface area contributed by atoms with Crippen LogP contribution in [-0.4, -0.2) is 4.57 Å². The Hall–Kier alpha value is -10.4. The van der Waals surface area contributed by atoms with Crippen LogP contribution in [0.25, 0.3) is 82.5 Å². The van der Waals surface area contributed by atoms with E-state index >= 15 is 0 Å². The largest absolute Gasteiger partial charge is 0.455 e. The minimum Gasteiger partial charge on any atom is -0.455 e. The number of benzene rings is 12. The fraction of sp³-hybridized carbons (Fsp3) is 0.209. The van der Waals surface area contributed by atoms with E-state index in [1.807, 2.05) is 0 Å². The molecule has 0 N–H and O–H groups in total. The van der Waals surface area contributed by atoms with Crippen molar-refractivity contribution in [3.63, 3.8) is 0 Å². The zero-order chi connectivity index (χ0) is 66.5. The van der Waals surface area contributed by atoms with Crippen molar-refractivity contribution < 1.29 is 8.83 Å². The summed E-state index contributed by atoms with van der Waals surface area (Å²) in [6, 6.07) is 93.5. The molecule has 5 nitrogen and oxygen atoms in total. The standard InChI is InChI=1S/C91H83N3O2/c1-56-33-34-57(2)72(51-56)91(60-39-47-67(48-40-60)94-75-49-41-61(89(9,10)11)52-70(75)71-53-62(90(12,13)14)42-50-76(71)94)73-55-78(93(64-27-19-16-20-28-64)66-45-37-59(38-46-66)88(6,7)8)85-82(69-30-22-24-32-80(69)95-85)83(73)84-74(91)54-77(81-68-29-21-23-31-79(68)96-86(81)84)92(63-25-17-15-18-26-63)65-43-35-58(36-44-65)87(3,4)5/h15-55H,1-14H3. The van der Waals surface area contributed by atoms with Gasteiger partial charge in [-0.15, -0.1) is 0 Å². The number of fused-ring (bicyclic) bond motifs is 14. The molecule has 12 aromatic carbocycles. The lowest BCUT2D eigenvalue weighted by Crippen LogP contribution is -2.30. The first-order valence-electron chi connectivity index (χ1n) is 34.1. The van der Waals surface area contributed by atoms with Gasteiger partial charge < -0.3 is 23.2 Å². The van der Waals surface area contributed by atoms with Crippen LogP contribution < -0.4 is 9.80 Å². The summed E-state index contributed by atoms with van der Waals surface area (Å²) in [6.07, 6.45) is 0. The number of nitrogens with zero attached hydrogens (tertiary/aromatic N) is 3. The van der Waals surface area contributed by atoms with Crippen molar-refractivity contribution in [2.45, 2.75) is 124 Å². The van der Waals surface area contributed by atoms with Gasteiger partial charge in [0.1, 0.15) is 16.7 Å². The van der Waals surface area contributed by atoms with Gasteiger partial charge in [-0.1, -0.05) is 228 Å². The fourth-order valence-electron chi connectivity index (χ4n) is 15.6. The minimum atomic E-state index is -1.01. The maximum absolute atomic E-state index is 7.73. The summed E-state index contributed by atoms with van der Waals surface area (Å²) in [5, 5.41) is 6.68. The molecule has 0 saturated carbocycles. The van der Waals surface area contributed by atoms with Crippen LogP contribution in [0.1, 0.15) is 139 Å². The second kappa shape index (κ2) is 21.8. The SMILES string of the molecule is Cc1ccc(C)c(C2(c3ccc(-n4c5ccc(C(C)(C)C)cc5c5cc(C(C)(C)C)ccc54)cc3)c3cc(N(c4ccccc4)c4ccc(C(C)(C)C)cc4)c4c(oc5ccccc54)c3-c3c2cc(N(c2ccccc2)c2ccc(C(C)(C)C)cc2)c2oc4ccccc4c32)c1. The van der Waals surface area contributed by atoms with E-state index in [-0.39, 0.29) is 21.7 Å². The number of para-hydroxylation sites is 4. The van der Waals surface area contributed by atoms with E-state index in [1.54, 1.807) is 0 Å². The number of hydrogen-bond donors (Lipinski definition) is 0. The molecule has 0 spiro atoms. The Morgan fingerprint density at radius 1 is 0.333 bits per heavy atom. The molecule has 0 aliphatic heterocycles. The number of aryl methyl sites for hydroxylation is 2. The predicted octanol–water partition coefficient (Wildman–Crippen LogP) is 25.7. The molecule has 1 aliphatic carbocycles. The van der Waals surface area contributed by atoms with Crippen molar-refractivity contribution in [1.29, 1.82) is 0 Å². The van der Waals surface area contributed by atoms with Gasteiger partial charge in [-0.25, -0.2) is 0 Å². The van der Waals surface area contributed by atoms with Crippen LogP contribution in [0, 0.1) is 13.8 Å². The van der Waals surface area contributed by atoms with Crippen molar-refractivity contribution in [3.8, 4) is 16.8 Å². The number of rotatable bonds is 9. The number of furan rings is 2. The molecular weight excluding hydrogens is 1170 g/mol. The van der Waals surface area contributed by atoms with Gasteiger partial charge in [0, 0.05) is 66.5 Å². The zero-order valence-electron chi connectivity index (χ0n) is 57.8. The smallest absolute Gasteiger partial charge is 0.160 e.